The van der Waals surface area contributed by atoms with Gasteiger partial charge in [-0.05, 0) is 40.2 Å². The standard InChI is InChI=1S/C10H16BrNO2S2/c1-7(2)8(3)12(4)16(13,14)10-9(11)5-6-15-10/h5-8H,1-4H3. The SMILES string of the molecule is CC(C)C(C)N(C)S(=O)(=O)c1sccc1Br. The molecule has 1 unspecified atom stereocenters. The summed E-state index contributed by atoms with van der Waals surface area (Å²) in [4.78, 5) is 0. The van der Waals surface area contributed by atoms with Gasteiger partial charge in [-0.2, -0.15) is 4.31 Å². The van der Waals surface area contributed by atoms with E-state index >= 15 is 0 Å². The van der Waals surface area contributed by atoms with Gasteiger partial charge in [0.1, 0.15) is 4.21 Å². The minimum atomic E-state index is -3.37. The van der Waals surface area contributed by atoms with Crippen LogP contribution in [0.5, 0.6) is 0 Å². The Morgan fingerprint density at radius 2 is 1.94 bits per heavy atom. The van der Waals surface area contributed by atoms with E-state index in [1.807, 2.05) is 20.8 Å². The van der Waals surface area contributed by atoms with Gasteiger partial charge in [-0.1, -0.05) is 13.8 Å². The van der Waals surface area contributed by atoms with Gasteiger partial charge in [-0.25, -0.2) is 8.42 Å². The number of halogens is 1. The van der Waals surface area contributed by atoms with E-state index in [9.17, 15) is 8.42 Å². The summed E-state index contributed by atoms with van der Waals surface area (Å²) in [7, 11) is -1.73. The highest BCUT2D eigenvalue weighted by molar-refractivity contribution is 9.10. The van der Waals surface area contributed by atoms with Crippen LogP contribution >= 0.6 is 27.3 Å². The van der Waals surface area contributed by atoms with Gasteiger partial charge in [0.2, 0.25) is 0 Å². The van der Waals surface area contributed by atoms with Gasteiger partial charge in [0.25, 0.3) is 10.0 Å². The number of hydrogen-bond donors (Lipinski definition) is 0. The Morgan fingerprint density at radius 3 is 2.31 bits per heavy atom. The fourth-order valence-electron chi connectivity index (χ4n) is 1.23. The van der Waals surface area contributed by atoms with Crippen LogP contribution in [0.25, 0.3) is 0 Å². The van der Waals surface area contributed by atoms with Gasteiger partial charge in [-0.15, -0.1) is 11.3 Å². The maximum Gasteiger partial charge on any atom is 0.253 e. The van der Waals surface area contributed by atoms with Crippen molar-refractivity contribution in [2.75, 3.05) is 7.05 Å². The summed E-state index contributed by atoms with van der Waals surface area (Å²) in [5, 5.41) is 1.77. The molecule has 3 nitrogen and oxygen atoms in total. The first-order valence-electron chi connectivity index (χ1n) is 4.99. The monoisotopic (exact) mass is 325 g/mol. The first-order chi connectivity index (χ1) is 7.28. The molecule has 0 aliphatic heterocycles. The average Bonchev–Trinajstić information content (AvgIpc) is 2.62. The van der Waals surface area contributed by atoms with Crippen LogP contribution < -0.4 is 0 Å². The lowest BCUT2D eigenvalue weighted by atomic mass is 10.1. The fourth-order valence-corrected chi connectivity index (χ4v) is 5.21. The summed E-state index contributed by atoms with van der Waals surface area (Å²) in [5.74, 6) is 0.290. The molecule has 16 heavy (non-hydrogen) atoms. The van der Waals surface area contributed by atoms with Gasteiger partial charge in [-0.3, -0.25) is 0 Å². The first kappa shape index (κ1) is 14.2. The normalized spacial score (nSPS) is 14.7. The molecule has 1 rings (SSSR count). The molecule has 1 atom stereocenters. The highest BCUT2D eigenvalue weighted by atomic mass is 79.9. The summed E-state index contributed by atoms with van der Waals surface area (Å²) in [6, 6.07) is 1.74. The van der Waals surface area contributed by atoms with Crippen LogP contribution in [0.2, 0.25) is 0 Å². The molecule has 0 saturated heterocycles. The Labute approximate surface area is 110 Å². The number of nitrogens with zero attached hydrogens (tertiary/aromatic N) is 1. The van der Waals surface area contributed by atoms with Crippen molar-refractivity contribution in [3.63, 3.8) is 0 Å². The van der Waals surface area contributed by atoms with Crippen LogP contribution in [-0.2, 0) is 10.0 Å². The Balaban J connectivity index is 3.09. The molecule has 0 radical (unpaired) electrons. The smallest absolute Gasteiger partial charge is 0.206 e. The van der Waals surface area contributed by atoms with E-state index in [2.05, 4.69) is 15.9 Å². The van der Waals surface area contributed by atoms with Crippen molar-refractivity contribution in [1.29, 1.82) is 0 Å². The molecule has 0 aliphatic rings. The maximum absolute atomic E-state index is 12.3. The van der Waals surface area contributed by atoms with Crippen LogP contribution in [0.3, 0.4) is 0 Å². The molecule has 1 heterocycles. The molecule has 0 spiro atoms. The van der Waals surface area contributed by atoms with Crippen molar-refractivity contribution in [1.82, 2.24) is 4.31 Å². The Hall–Kier alpha value is 0.0900. The molecule has 0 aromatic carbocycles. The largest absolute Gasteiger partial charge is 0.253 e. The molecular formula is C10H16BrNO2S2. The van der Waals surface area contributed by atoms with E-state index in [4.69, 9.17) is 0 Å². The molecule has 6 heteroatoms. The van der Waals surface area contributed by atoms with E-state index < -0.39 is 10.0 Å². The number of thiophene rings is 1. The fraction of sp³-hybridized carbons (Fsp3) is 0.600. The zero-order chi connectivity index (χ0) is 12.5. The number of rotatable bonds is 4. The second-order valence-corrected chi connectivity index (χ2v) is 8.03. The second kappa shape index (κ2) is 5.16. The number of hydrogen-bond acceptors (Lipinski definition) is 3. The Morgan fingerprint density at radius 1 is 1.38 bits per heavy atom. The molecule has 0 aliphatic carbocycles. The highest BCUT2D eigenvalue weighted by Crippen LogP contribution is 2.31. The van der Waals surface area contributed by atoms with Crippen LogP contribution in [0.1, 0.15) is 20.8 Å². The zero-order valence-corrected chi connectivity index (χ0v) is 13.0. The van der Waals surface area contributed by atoms with E-state index in [-0.39, 0.29) is 6.04 Å². The lowest BCUT2D eigenvalue weighted by Crippen LogP contribution is -2.37. The van der Waals surface area contributed by atoms with Gasteiger partial charge in [0.15, 0.2) is 0 Å². The van der Waals surface area contributed by atoms with Gasteiger partial charge in [0, 0.05) is 17.6 Å². The molecule has 0 amide bonds. The molecule has 0 bridgehead atoms. The van der Waals surface area contributed by atoms with E-state index in [1.54, 1.807) is 18.5 Å². The number of sulfonamides is 1. The lowest BCUT2D eigenvalue weighted by Gasteiger charge is -2.26. The van der Waals surface area contributed by atoms with Crippen LogP contribution in [0.4, 0.5) is 0 Å². The van der Waals surface area contributed by atoms with Gasteiger partial charge < -0.3 is 0 Å². The Kier molecular flexibility index (Phi) is 4.57. The maximum atomic E-state index is 12.3. The van der Waals surface area contributed by atoms with E-state index in [0.29, 0.717) is 14.6 Å². The average molecular weight is 326 g/mol. The van der Waals surface area contributed by atoms with Crippen molar-refractivity contribution in [2.45, 2.75) is 31.0 Å². The molecule has 1 aromatic heterocycles. The molecule has 92 valence electrons. The topological polar surface area (TPSA) is 37.4 Å². The molecule has 0 N–H and O–H groups in total. The first-order valence-corrected chi connectivity index (χ1v) is 8.10. The third-order valence-corrected chi connectivity index (χ3v) is 7.33. The summed E-state index contributed by atoms with van der Waals surface area (Å²) in [6.07, 6.45) is 0. The summed E-state index contributed by atoms with van der Waals surface area (Å²) < 4.78 is 27.0. The van der Waals surface area contributed by atoms with Gasteiger partial charge in [0.05, 0.1) is 0 Å². The quantitative estimate of drug-likeness (QED) is 0.852. The van der Waals surface area contributed by atoms with Crippen LogP contribution in [0.15, 0.2) is 20.1 Å². The second-order valence-electron chi connectivity index (χ2n) is 4.06. The van der Waals surface area contributed by atoms with E-state index in [1.165, 1.54) is 15.6 Å². The van der Waals surface area contributed by atoms with Crippen molar-refractivity contribution in [2.24, 2.45) is 5.92 Å². The summed E-state index contributed by atoms with van der Waals surface area (Å²) in [6.45, 7) is 5.95. The molecule has 1 aromatic rings. The third kappa shape index (κ3) is 2.67. The summed E-state index contributed by atoms with van der Waals surface area (Å²) in [5.41, 5.74) is 0. The van der Waals surface area contributed by atoms with Crippen molar-refractivity contribution in [3.05, 3.63) is 15.9 Å². The minimum Gasteiger partial charge on any atom is -0.206 e. The van der Waals surface area contributed by atoms with Crippen LogP contribution in [-0.4, -0.2) is 25.8 Å². The van der Waals surface area contributed by atoms with Crippen molar-refractivity contribution in [3.8, 4) is 0 Å². The lowest BCUT2D eigenvalue weighted by molar-refractivity contribution is 0.316. The summed E-state index contributed by atoms with van der Waals surface area (Å²) >= 11 is 4.50. The minimum absolute atomic E-state index is 0.0148. The Bertz CT molecular complexity index is 453. The highest BCUT2D eigenvalue weighted by Gasteiger charge is 2.29. The van der Waals surface area contributed by atoms with Crippen LogP contribution in [0, 0.1) is 5.92 Å². The zero-order valence-electron chi connectivity index (χ0n) is 9.77. The molecule has 0 saturated carbocycles. The van der Waals surface area contributed by atoms with Gasteiger partial charge >= 0.3 is 0 Å². The van der Waals surface area contributed by atoms with Crippen molar-refractivity contribution < 1.29 is 8.42 Å². The predicted octanol–water partition coefficient (Wildman–Crippen LogP) is 3.18. The van der Waals surface area contributed by atoms with Crippen molar-refractivity contribution >= 4 is 37.3 Å². The third-order valence-electron chi connectivity index (χ3n) is 2.74. The predicted molar refractivity (Wildman–Crippen MR) is 71.3 cm³/mol. The van der Waals surface area contributed by atoms with E-state index in [0.717, 1.165) is 0 Å². The molecule has 0 fully saturated rings. The molecular weight excluding hydrogens is 310 g/mol.